The molecule has 2 rings (SSSR count). The first-order valence-electron chi connectivity index (χ1n) is 7.15. The van der Waals surface area contributed by atoms with E-state index < -0.39 is 0 Å². The number of amides is 2. The van der Waals surface area contributed by atoms with Crippen molar-refractivity contribution in [2.75, 3.05) is 13.2 Å². The standard InChI is InChI=1S/C15H24N2O2S/c1-15(2,3)13(12-7-5-9-20-12)16-14(19)17-8-4-6-11(17)10-18/h5,7,9,11,13,18H,4,6,8,10H2,1-3H3,(H,16,19). The molecule has 112 valence electrons. The van der Waals surface area contributed by atoms with Crippen LogP contribution in [0, 0.1) is 5.41 Å². The molecule has 5 heteroatoms. The average molecular weight is 296 g/mol. The van der Waals surface area contributed by atoms with Crippen LogP contribution in [0.25, 0.3) is 0 Å². The molecule has 0 radical (unpaired) electrons. The molecule has 2 amide bonds. The van der Waals surface area contributed by atoms with Gasteiger partial charge in [0.1, 0.15) is 0 Å². The predicted octanol–water partition coefficient (Wildman–Crippen LogP) is 3.00. The van der Waals surface area contributed by atoms with Crippen LogP contribution >= 0.6 is 11.3 Å². The number of hydrogen-bond donors (Lipinski definition) is 2. The maximum atomic E-state index is 12.5. The Labute approximate surface area is 124 Å². The second-order valence-electron chi connectivity index (χ2n) is 6.44. The van der Waals surface area contributed by atoms with Gasteiger partial charge in [0.25, 0.3) is 0 Å². The van der Waals surface area contributed by atoms with Crippen LogP contribution in [0.15, 0.2) is 17.5 Å². The number of thiophene rings is 1. The third-order valence-electron chi connectivity index (χ3n) is 3.81. The minimum absolute atomic E-state index is 0.00468. The van der Waals surface area contributed by atoms with Gasteiger partial charge in [-0.15, -0.1) is 11.3 Å². The summed E-state index contributed by atoms with van der Waals surface area (Å²) in [6.07, 6.45) is 1.86. The van der Waals surface area contributed by atoms with Gasteiger partial charge in [-0.25, -0.2) is 4.79 Å². The molecule has 0 bridgehead atoms. The summed E-state index contributed by atoms with van der Waals surface area (Å²) in [5.74, 6) is 0. The number of likely N-dealkylation sites (tertiary alicyclic amines) is 1. The molecule has 2 unspecified atom stereocenters. The molecule has 0 aliphatic carbocycles. The SMILES string of the molecule is CC(C)(C)C(NC(=O)N1CCCC1CO)c1cccs1. The molecule has 1 aromatic heterocycles. The molecular formula is C15H24N2O2S. The summed E-state index contributed by atoms with van der Waals surface area (Å²) in [5.41, 5.74) is -0.0467. The quantitative estimate of drug-likeness (QED) is 0.901. The Bertz CT molecular complexity index is 439. The van der Waals surface area contributed by atoms with E-state index in [0.717, 1.165) is 19.4 Å². The Kier molecular flexibility index (Phi) is 4.70. The number of aliphatic hydroxyl groups excluding tert-OH is 1. The number of urea groups is 1. The molecule has 2 heterocycles. The fourth-order valence-electron chi connectivity index (χ4n) is 2.67. The number of carbonyl (C=O) groups excluding carboxylic acids is 1. The first-order valence-corrected chi connectivity index (χ1v) is 8.03. The van der Waals surface area contributed by atoms with Crippen LogP contribution in [0.2, 0.25) is 0 Å². The predicted molar refractivity (Wildman–Crippen MR) is 81.9 cm³/mol. The average Bonchev–Trinajstić information content (AvgIpc) is 3.04. The van der Waals surface area contributed by atoms with Gasteiger partial charge in [-0.05, 0) is 29.7 Å². The molecule has 1 aliphatic heterocycles. The molecule has 1 fully saturated rings. The van der Waals surface area contributed by atoms with Crippen LogP contribution in [-0.2, 0) is 0 Å². The van der Waals surface area contributed by atoms with Crippen molar-refractivity contribution < 1.29 is 9.90 Å². The highest BCUT2D eigenvalue weighted by molar-refractivity contribution is 7.10. The Balaban J connectivity index is 2.10. The van der Waals surface area contributed by atoms with Crippen LogP contribution in [-0.4, -0.2) is 35.2 Å². The van der Waals surface area contributed by atoms with Gasteiger partial charge in [-0.2, -0.15) is 0 Å². The highest BCUT2D eigenvalue weighted by atomic mass is 32.1. The molecule has 0 aromatic carbocycles. The number of rotatable bonds is 3. The first kappa shape index (κ1) is 15.3. The van der Waals surface area contributed by atoms with Crippen molar-refractivity contribution in [3.8, 4) is 0 Å². The summed E-state index contributed by atoms with van der Waals surface area (Å²) in [5, 5.41) is 14.5. The maximum Gasteiger partial charge on any atom is 0.318 e. The zero-order valence-corrected chi connectivity index (χ0v) is 13.2. The molecule has 1 saturated heterocycles. The van der Waals surface area contributed by atoms with Crippen molar-refractivity contribution in [3.63, 3.8) is 0 Å². The largest absolute Gasteiger partial charge is 0.394 e. The van der Waals surface area contributed by atoms with E-state index in [-0.39, 0.29) is 30.1 Å². The number of nitrogens with one attached hydrogen (secondary N) is 1. The fraction of sp³-hybridized carbons (Fsp3) is 0.667. The lowest BCUT2D eigenvalue weighted by Gasteiger charge is -2.33. The third-order valence-corrected chi connectivity index (χ3v) is 4.75. The fourth-order valence-corrected chi connectivity index (χ4v) is 3.69. The van der Waals surface area contributed by atoms with Gasteiger partial charge in [0.2, 0.25) is 0 Å². The van der Waals surface area contributed by atoms with Crippen molar-refractivity contribution >= 4 is 17.4 Å². The lowest BCUT2D eigenvalue weighted by Crippen LogP contribution is -2.47. The van der Waals surface area contributed by atoms with E-state index in [1.807, 2.05) is 11.4 Å². The van der Waals surface area contributed by atoms with Crippen LogP contribution in [0.4, 0.5) is 4.79 Å². The van der Waals surface area contributed by atoms with Gasteiger partial charge in [-0.1, -0.05) is 26.8 Å². The molecular weight excluding hydrogens is 272 g/mol. The van der Waals surface area contributed by atoms with Crippen molar-refractivity contribution in [1.29, 1.82) is 0 Å². The van der Waals surface area contributed by atoms with Gasteiger partial charge in [0, 0.05) is 11.4 Å². The molecule has 20 heavy (non-hydrogen) atoms. The van der Waals surface area contributed by atoms with Crippen molar-refractivity contribution in [1.82, 2.24) is 10.2 Å². The summed E-state index contributed by atoms with van der Waals surface area (Å²) in [6.45, 7) is 7.17. The topological polar surface area (TPSA) is 52.6 Å². The lowest BCUT2D eigenvalue weighted by atomic mass is 9.86. The molecule has 2 N–H and O–H groups in total. The van der Waals surface area contributed by atoms with Crippen LogP contribution in [0.1, 0.15) is 44.5 Å². The second-order valence-corrected chi connectivity index (χ2v) is 7.42. The second kappa shape index (κ2) is 6.14. The Hall–Kier alpha value is -1.07. The summed E-state index contributed by atoms with van der Waals surface area (Å²) in [4.78, 5) is 15.4. The number of aliphatic hydroxyl groups is 1. The van der Waals surface area contributed by atoms with Crippen molar-refractivity contribution in [2.45, 2.75) is 45.7 Å². The maximum absolute atomic E-state index is 12.5. The van der Waals surface area contributed by atoms with Crippen LogP contribution in [0.3, 0.4) is 0 Å². The number of hydrogen-bond acceptors (Lipinski definition) is 3. The Morgan fingerprint density at radius 1 is 1.60 bits per heavy atom. The molecule has 0 saturated carbocycles. The molecule has 0 spiro atoms. The summed E-state index contributed by atoms with van der Waals surface area (Å²) in [6, 6.07) is 3.98. The summed E-state index contributed by atoms with van der Waals surface area (Å²) in [7, 11) is 0. The van der Waals surface area contributed by atoms with Gasteiger partial charge in [0.15, 0.2) is 0 Å². The van der Waals surface area contributed by atoms with E-state index in [4.69, 9.17) is 0 Å². The number of nitrogens with zero attached hydrogens (tertiary/aromatic N) is 1. The van der Waals surface area contributed by atoms with Crippen molar-refractivity contribution in [2.24, 2.45) is 5.41 Å². The zero-order valence-electron chi connectivity index (χ0n) is 12.4. The van der Waals surface area contributed by atoms with E-state index in [2.05, 4.69) is 32.2 Å². The van der Waals surface area contributed by atoms with E-state index in [0.29, 0.717) is 0 Å². The normalized spacial score (nSPS) is 21.0. The lowest BCUT2D eigenvalue weighted by molar-refractivity contribution is 0.147. The minimum Gasteiger partial charge on any atom is -0.394 e. The van der Waals surface area contributed by atoms with E-state index in [1.54, 1.807) is 16.2 Å². The minimum atomic E-state index is -0.0603. The molecule has 4 nitrogen and oxygen atoms in total. The van der Waals surface area contributed by atoms with Gasteiger partial charge in [-0.3, -0.25) is 0 Å². The Morgan fingerprint density at radius 3 is 2.90 bits per heavy atom. The van der Waals surface area contributed by atoms with Crippen molar-refractivity contribution in [3.05, 3.63) is 22.4 Å². The van der Waals surface area contributed by atoms with Gasteiger partial charge >= 0.3 is 6.03 Å². The van der Waals surface area contributed by atoms with Crippen LogP contribution < -0.4 is 5.32 Å². The van der Waals surface area contributed by atoms with E-state index in [9.17, 15) is 9.90 Å². The monoisotopic (exact) mass is 296 g/mol. The van der Waals surface area contributed by atoms with E-state index >= 15 is 0 Å². The Morgan fingerprint density at radius 2 is 2.35 bits per heavy atom. The highest BCUT2D eigenvalue weighted by Crippen LogP contribution is 2.35. The number of carbonyl (C=O) groups is 1. The molecule has 1 aliphatic rings. The first-order chi connectivity index (χ1) is 9.43. The molecule has 2 atom stereocenters. The van der Waals surface area contributed by atoms with Gasteiger partial charge < -0.3 is 15.3 Å². The summed E-state index contributed by atoms with van der Waals surface area (Å²) >= 11 is 1.67. The van der Waals surface area contributed by atoms with E-state index in [1.165, 1.54) is 4.88 Å². The smallest absolute Gasteiger partial charge is 0.318 e. The summed E-state index contributed by atoms with van der Waals surface area (Å²) < 4.78 is 0. The van der Waals surface area contributed by atoms with Gasteiger partial charge in [0.05, 0.1) is 18.7 Å². The molecule has 1 aromatic rings. The van der Waals surface area contributed by atoms with Crippen LogP contribution in [0.5, 0.6) is 0 Å². The zero-order chi connectivity index (χ0) is 14.8. The third kappa shape index (κ3) is 3.33. The highest BCUT2D eigenvalue weighted by Gasteiger charge is 2.33.